The van der Waals surface area contributed by atoms with Crippen molar-refractivity contribution in [3.8, 4) is 33.8 Å². The fraction of sp³-hybridized carbons (Fsp3) is 0.194. The minimum atomic E-state index is -4.55. The summed E-state index contributed by atoms with van der Waals surface area (Å²) in [6.45, 7) is 2.08. The van der Waals surface area contributed by atoms with Gasteiger partial charge in [0.2, 0.25) is 0 Å². The SMILES string of the molecule is Cc1cc(N)ccc1-c1cc(C(F)(F)F)ccc1OCC(=O)O.Cc1cnc(N)c(-c2cc(C(F)(F)F)ccc2OCC(=O)O)c1. The molecule has 6 N–H and O–H groups in total. The predicted octanol–water partition coefficient (Wildman–Crippen LogP) is 6.85. The van der Waals surface area contributed by atoms with Crippen LogP contribution in [0.2, 0.25) is 0 Å². The highest BCUT2D eigenvalue weighted by Gasteiger charge is 2.32. The van der Waals surface area contributed by atoms with E-state index in [-0.39, 0.29) is 34.0 Å². The number of hydrogen-bond acceptors (Lipinski definition) is 7. The van der Waals surface area contributed by atoms with E-state index in [1.807, 2.05) is 0 Å². The lowest BCUT2D eigenvalue weighted by Crippen LogP contribution is -2.11. The number of pyridine rings is 1. The zero-order valence-corrected chi connectivity index (χ0v) is 24.2. The van der Waals surface area contributed by atoms with Gasteiger partial charge in [0, 0.05) is 28.6 Å². The number of anilines is 2. The van der Waals surface area contributed by atoms with E-state index in [0.717, 1.165) is 36.4 Å². The van der Waals surface area contributed by atoms with Gasteiger partial charge >= 0.3 is 24.3 Å². The van der Waals surface area contributed by atoms with Crippen molar-refractivity contribution in [3.63, 3.8) is 0 Å². The maximum atomic E-state index is 12.9. The molecule has 15 heteroatoms. The number of nitrogens with zero attached hydrogens (tertiary/aromatic N) is 1. The number of halogens is 6. The van der Waals surface area contributed by atoms with Crippen molar-refractivity contribution in [1.82, 2.24) is 4.98 Å². The Morgan fingerprint density at radius 3 is 1.61 bits per heavy atom. The van der Waals surface area contributed by atoms with Crippen molar-refractivity contribution in [2.24, 2.45) is 0 Å². The van der Waals surface area contributed by atoms with Crippen LogP contribution in [0.5, 0.6) is 11.5 Å². The highest BCUT2D eigenvalue weighted by atomic mass is 19.4. The summed E-state index contributed by atoms with van der Waals surface area (Å²) in [4.78, 5) is 25.2. The molecule has 0 saturated carbocycles. The van der Waals surface area contributed by atoms with Gasteiger partial charge in [0.05, 0.1) is 11.1 Å². The molecule has 0 amide bonds. The number of aliphatic carboxylic acids is 2. The highest BCUT2D eigenvalue weighted by molar-refractivity contribution is 5.80. The molecule has 3 aromatic carbocycles. The zero-order chi connectivity index (χ0) is 34.4. The lowest BCUT2D eigenvalue weighted by Gasteiger charge is -2.15. The number of benzene rings is 3. The third-order valence-corrected chi connectivity index (χ3v) is 6.20. The average Bonchev–Trinajstić information content (AvgIpc) is 2.95. The summed E-state index contributed by atoms with van der Waals surface area (Å²) in [6, 6.07) is 12.0. The van der Waals surface area contributed by atoms with E-state index in [4.69, 9.17) is 31.2 Å². The maximum Gasteiger partial charge on any atom is 0.416 e. The largest absolute Gasteiger partial charge is 0.481 e. The maximum absolute atomic E-state index is 12.9. The third-order valence-electron chi connectivity index (χ3n) is 6.20. The minimum absolute atomic E-state index is 0.0144. The van der Waals surface area contributed by atoms with Crippen LogP contribution in [0.15, 0.2) is 66.9 Å². The lowest BCUT2D eigenvalue weighted by atomic mass is 9.97. The molecule has 1 heterocycles. The molecule has 46 heavy (non-hydrogen) atoms. The van der Waals surface area contributed by atoms with E-state index in [1.165, 1.54) is 6.20 Å². The molecule has 0 atom stereocenters. The van der Waals surface area contributed by atoms with Crippen molar-refractivity contribution in [2.75, 3.05) is 24.7 Å². The molecule has 4 rings (SSSR count). The van der Waals surface area contributed by atoms with Crippen LogP contribution >= 0.6 is 0 Å². The number of ether oxygens (including phenoxy) is 2. The number of nitrogen functional groups attached to an aromatic ring is 2. The number of nitrogens with two attached hydrogens (primary N) is 2. The van der Waals surface area contributed by atoms with Gasteiger partial charge in [-0.15, -0.1) is 0 Å². The Hall–Kier alpha value is -5.47. The topological polar surface area (TPSA) is 158 Å². The standard InChI is InChI=1S/C16H14F3NO3.C15H13F3N2O3/c1-9-6-11(20)3-4-12(9)13-7-10(16(17,18)19)2-5-14(13)23-8-15(21)22;1-8-4-11(14(19)20-6-8)10-5-9(15(16,17)18)2-3-12(10)23-7-13(21)22/h2-7H,8,20H2,1H3,(H,21,22);2-6H,7H2,1H3,(H2,19,20)(H,21,22). The smallest absolute Gasteiger partial charge is 0.416 e. The van der Waals surface area contributed by atoms with Gasteiger partial charge in [-0.3, -0.25) is 0 Å². The Morgan fingerprint density at radius 2 is 1.17 bits per heavy atom. The number of alkyl halides is 6. The van der Waals surface area contributed by atoms with Crippen LogP contribution in [-0.4, -0.2) is 40.3 Å². The van der Waals surface area contributed by atoms with Gasteiger partial charge in [-0.1, -0.05) is 6.07 Å². The molecular formula is C31H27F6N3O6. The summed E-state index contributed by atoms with van der Waals surface area (Å²) in [7, 11) is 0. The fourth-order valence-electron chi connectivity index (χ4n) is 4.15. The van der Waals surface area contributed by atoms with E-state index < -0.39 is 48.6 Å². The molecule has 0 spiro atoms. The molecule has 9 nitrogen and oxygen atoms in total. The van der Waals surface area contributed by atoms with Gasteiger partial charge in [-0.25, -0.2) is 14.6 Å². The van der Waals surface area contributed by atoms with Crippen LogP contribution in [0.25, 0.3) is 22.3 Å². The summed E-state index contributed by atoms with van der Waals surface area (Å²) in [5, 5.41) is 17.4. The molecule has 0 aliphatic heterocycles. The second-order valence-corrected chi connectivity index (χ2v) is 9.80. The third kappa shape index (κ3) is 9.27. The van der Waals surface area contributed by atoms with Gasteiger partial charge in [-0.05, 0) is 85.1 Å². The molecular weight excluding hydrogens is 624 g/mol. The number of carboxylic acid groups (broad SMARTS) is 2. The average molecular weight is 652 g/mol. The molecule has 244 valence electrons. The van der Waals surface area contributed by atoms with Crippen LogP contribution in [0.3, 0.4) is 0 Å². The summed E-state index contributed by atoms with van der Waals surface area (Å²) in [6.07, 6.45) is -7.59. The summed E-state index contributed by atoms with van der Waals surface area (Å²) >= 11 is 0. The quantitative estimate of drug-likeness (QED) is 0.118. The number of rotatable bonds is 8. The van der Waals surface area contributed by atoms with Gasteiger partial charge in [-0.2, -0.15) is 26.3 Å². The first-order valence-corrected chi connectivity index (χ1v) is 13.1. The molecule has 0 bridgehead atoms. The molecule has 0 aliphatic carbocycles. The van der Waals surface area contributed by atoms with E-state index >= 15 is 0 Å². The van der Waals surface area contributed by atoms with Gasteiger partial charge < -0.3 is 31.2 Å². The number of carbonyl (C=O) groups is 2. The van der Waals surface area contributed by atoms with E-state index in [2.05, 4.69) is 4.98 Å². The first-order valence-electron chi connectivity index (χ1n) is 13.1. The fourth-order valence-corrected chi connectivity index (χ4v) is 4.15. The lowest BCUT2D eigenvalue weighted by molar-refractivity contribution is -0.140. The van der Waals surface area contributed by atoms with E-state index in [1.54, 1.807) is 38.1 Å². The Bertz CT molecular complexity index is 1740. The van der Waals surface area contributed by atoms with Crippen LogP contribution in [0, 0.1) is 13.8 Å². The number of aryl methyl sites for hydroxylation is 2. The molecule has 1 aromatic heterocycles. The molecule has 0 saturated heterocycles. The summed E-state index contributed by atoms with van der Waals surface area (Å²) in [5.74, 6) is -2.39. The molecule has 0 fully saturated rings. The molecule has 0 unspecified atom stereocenters. The zero-order valence-electron chi connectivity index (χ0n) is 24.2. The molecule has 0 aliphatic rings. The second-order valence-electron chi connectivity index (χ2n) is 9.80. The van der Waals surface area contributed by atoms with Gasteiger partial charge in [0.25, 0.3) is 0 Å². The van der Waals surface area contributed by atoms with Crippen LogP contribution in [-0.2, 0) is 21.9 Å². The predicted molar refractivity (Wildman–Crippen MR) is 156 cm³/mol. The molecule has 4 aromatic rings. The summed E-state index contributed by atoms with van der Waals surface area (Å²) in [5.41, 5.74) is 12.4. The van der Waals surface area contributed by atoms with Crippen molar-refractivity contribution in [3.05, 3.63) is 89.1 Å². The van der Waals surface area contributed by atoms with Crippen LogP contribution in [0.1, 0.15) is 22.3 Å². The van der Waals surface area contributed by atoms with Crippen molar-refractivity contribution in [2.45, 2.75) is 26.2 Å². The molecule has 0 radical (unpaired) electrons. The van der Waals surface area contributed by atoms with E-state index in [0.29, 0.717) is 22.4 Å². The highest BCUT2D eigenvalue weighted by Crippen LogP contribution is 2.40. The Kier molecular flexibility index (Phi) is 10.7. The Morgan fingerprint density at radius 1 is 0.696 bits per heavy atom. The first-order chi connectivity index (χ1) is 21.4. The van der Waals surface area contributed by atoms with Gasteiger partial charge in [0.1, 0.15) is 17.3 Å². The second kappa shape index (κ2) is 14.1. The van der Waals surface area contributed by atoms with Crippen LogP contribution < -0.4 is 20.9 Å². The normalized spacial score (nSPS) is 11.3. The monoisotopic (exact) mass is 651 g/mol. The number of hydrogen-bond donors (Lipinski definition) is 4. The van der Waals surface area contributed by atoms with Gasteiger partial charge in [0.15, 0.2) is 13.2 Å². The van der Waals surface area contributed by atoms with E-state index in [9.17, 15) is 35.9 Å². The van der Waals surface area contributed by atoms with Crippen molar-refractivity contribution < 1.29 is 55.6 Å². The Labute approximate surface area is 258 Å². The Balaban J connectivity index is 0.000000250. The van der Waals surface area contributed by atoms with Crippen LogP contribution in [0.4, 0.5) is 37.8 Å². The minimum Gasteiger partial charge on any atom is -0.481 e. The van der Waals surface area contributed by atoms with Crippen molar-refractivity contribution >= 4 is 23.4 Å². The first kappa shape index (κ1) is 35.0. The van der Waals surface area contributed by atoms with Crippen molar-refractivity contribution in [1.29, 1.82) is 0 Å². The number of aromatic nitrogens is 1. The number of carboxylic acids is 2. The summed E-state index contributed by atoms with van der Waals surface area (Å²) < 4.78 is 87.8.